The van der Waals surface area contributed by atoms with Crippen LogP contribution < -0.4 is 10.1 Å². The van der Waals surface area contributed by atoms with Gasteiger partial charge in [0.05, 0.1) is 10.4 Å². The second-order valence-electron chi connectivity index (χ2n) is 7.13. The summed E-state index contributed by atoms with van der Waals surface area (Å²) in [6, 6.07) is 24.1. The van der Waals surface area contributed by atoms with Crippen LogP contribution >= 0.6 is 0 Å². The highest BCUT2D eigenvalue weighted by Gasteiger charge is 2.19. The topological polar surface area (TPSA) is 60.3 Å². The average Bonchev–Trinajstić information content (AvgIpc) is 3.20. The number of rotatable bonds is 8. The van der Waals surface area contributed by atoms with Gasteiger partial charge in [0, 0.05) is 24.7 Å². The van der Waals surface area contributed by atoms with E-state index in [-0.39, 0.29) is 4.90 Å². The summed E-state index contributed by atoms with van der Waals surface area (Å²) in [5.41, 5.74) is 3.08. The van der Waals surface area contributed by atoms with Crippen molar-refractivity contribution in [2.24, 2.45) is 0 Å². The zero-order valence-corrected chi connectivity index (χ0v) is 17.6. The smallest absolute Gasteiger partial charge is 0.268 e. The third-order valence-electron chi connectivity index (χ3n) is 4.91. The molecule has 1 aromatic heterocycles. The van der Waals surface area contributed by atoms with Gasteiger partial charge in [-0.25, -0.2) is 12.4 Å². The average molecular weight is 421 g/mol. The van der Waals surface area contributed by atoms with E-state index >= 15 is 0 Å². The van der Waals surface area contributed by atoms with Crippen molar-refractivity contribution < 1.29 is 13.2 Å². The highest BCUT2D eigenvalue weighted by Crippen LogP contribution is 2.29. The Kier molecular flexibility index (Phi) is 5.88. The highest BCUT2D eigenvalue weighted by atomic mass is 32.2. The fourth-order valence-corrected chi connectivity index (χ4v) is 4.81. The van der Waals surface area contributed by atoms with Gasteiger partial charge in [-0.15, -0.1) is 0 Å². The lowest BCUT2D eigenvalue weighted by Gasteiger charge is -2.11. The van der Waals surface area contributed by atoms with Crippen LogP contribution in [0.4, 0.5) is 0 Å². The van der Waals surface area contributed by atoms with Crippen molar-refractivity contribution in [2.75, 3.05) is 13.2 Å². The molecule has 5 nitrogen and oxygen atoms in total. The Morgan fingerprint density at radius 2 is 1.73 bits per heavy atom. The van der Waals surface area contributed by atoms with E-state index in [2.05, 4.69) is 36.5 Å². The molecule has 0 fully saturated rings. The molecule has 0 atom stereocenters. The Balaban J connectivity index is 1.45. The van der Waals surface area contributed by atoms with Crippen LogP contribution in [0.1, 0.15) is 11.1 Å². The molecule has 0 aliphatic rings. The van der Waals surface area contributed by atoms with Gasteiger partial charge in [-0.1, -0.05) is 54.1 Å². The first-order valence-corrected chi connectivity index (χ1v) is 11.3. The zero-order chi connectivity index (χ0) is 21.0. The number of fused-ring (bicyclic) bond motifs is 1. The first kappa shape index (κ1) is 20.2. The Hall–Kier alpha value is -3.09. The maximum absolute atomic E-state index is 13.0. The molecule has 4 rings (SSSR count). The van der Waals surface area contributed by atoms with Gasteiger partial charge in [0.25, 0.3) is 10.0 Å². The monoisotopic (exact) mass is 420 g/mol. The molecule has 0 radical (unpaired) electrons. The van der Waals surface area contributed by atoms with Crippen molar-refractivity contribution in [1.29, 1.82) is 0 Å². The lowest BCUT2D eigenvalue weighted by Crippen LogP contribution is -2.20. The van der Waals surface area contributed by atoms with E-state index in [4.69, 9.17) is 4.74 Å². The second-order valence-corrected chi connectivity index (χ2v) is 8.95. The van der Waals surface area contributed by atoms with Crippen LogP contribution in [0.15, 0.2) is 90.0 Å². The van der Waals surface area contributed by atoms with E-state index in [0.717, 1.165) is 11.9 Å². The molecule has 30 heavy (non-hydrogen) atoms. The summed E-state index contributed by atoms with van der Waals surface area (Å²) < 4.78 is 33.2. The molecule has 154 valence electrons. The largest absolute Gasteiger partial charge is 0.492 e. The molecule has 0 saturated heterocycles. The zero-order valence-electron chi connectivity index (χ0n) is 16.8. The van der Waals surface area contributed by atoms with Crippen LogP contribution in [-0.2, 0) is 16.6 Å². The molecule has 0 saturated carbocycles. The number of aryl methyl sites for hydroxylation is 1. The van der Waals surface area contributed by atoms with E-state index in [9.17, 15) is 8.42 Å². The normalized spacial score (nSPS) is 11.6. The summed E-state index contributed by atoms with van der Waals surface area (Å²) in [7, 11) is -3.65. The standard InChI is InChI=1S/C24H24N2O3S/c1-19-7-5-8-20(17-19)18-25-14-16-29-24-12-6-11-23-22(24)13-15-26(23)30(27,28)21-9-3-2-4-10-21/h2-13,15,17,25H,14,16,18H2,1H3. The predicted molar refractivity (Wildman–Crippen MR) is 119 cm³/mol. The van der Waals surface area contributed by atoms with Crippen LogP contribution in [-0.4, -0.2) is 25.5 Å². The molecule has 0 aliphatic carbocycles. The summed E-state index contributed by atoms with van der Waals surface area (Å²) in [4.78, 5) is 0.258. The number of hydrogen-bond acceptors (Lipinski definition) is 4. The van der Waals surface area contributed by atoms with Gasteiger partial charge >= 0.3 is 0 Å². The molecule has 0 amide bonds. The maximum Gasteiger partial charge on any atom is 0.268 e. The third kappa shape index (κ3) is 4.25. The molecule has 3 aromatic carbocycles. The summed E-state index contributed by atoms with van der Waals surface area (Å²) in [6.07, 6.45) is 1.58. The van der Waals surface area contributed by atoms with Gasteiger partial charge < -0.3 is 10.1 Å². The third-order valence-corrected chi connectivity index (χ3v) is 6.61. The van der Waals surface area contributed by atoms with Crippen molar-refractivity contribution in [1.82, 2.24) is 9.29 Å². The first-order chi connectivity index (χ1) is 14.6. The molecule has 1 heterocycles. The minimum absolute atomic E-state index is 0.258. The summed E-state index contributed by atoms with van der Waals surface area (Å²) in [5.74, 6) is 0.673. The molecule has 6 heteroatoms. The Morgan fingerprint density at radius 1 is 0.933 bits per heavy atom. The van der Waals surface area contributed by atoms with E-state index in [0.29, 0.717) is 24.4 Å². The van der Waals surface area contributed by atoms with Crippen molar-refractivity contribution in [3.8, 4) is 5.75 Å². The van der Waals surface area contributed by atoms with E-state index in [1.54, 1.807) is 48.7 Å². The number of nitrogens with zero attached hydrogens (tertiary/aromatic N) is 1. The van der Waals surface area contributed by atoms with E-state index in [1.165, 1.54) is 15.1 Å². The minimum atomic E-state index is -3.65. The first-order valence-electron chi connectivity index (χ1n) is 9.85. The molecule has 0 aliphatic heterocycles. The summed E-state index contributed by atoms with van der Waals surface area (Å²) in [5, 5.41) is 4.15. The van der Waals surface area contributed by atoms with Crippen molar-refractivity contribution >= 4 is 20.9 Å². The molecule has 0 spiro atoms. The van der Waals surface area contributed by atoms with Crippen molar-refractivity contribution in [2.45, 2.75) is 18.4 Å². The van der Waals surface area contributed by atoms with Gasteiger partial charge in [0.1, 0.15) is 12.4 Å². The number of hydrogen-bond donors (Lipinski definition) is 1. The van der Waals surface area contributed by atoms with Crippen molar-refractivity contribution in [3.63, 3.8) is 0 Å². The van der Waals surface area contributed by atoms with Crippen LogP contribution in [0.3, 0.4) is 0 Å². The van der Waals surface area contributed by atoms with E-state index < -0.39 is 10.0 Å². The van der Waals surface area contributed by atoms with Crippen LogP contribution in [0.5, 0.6) is 5.75 Å². The highest BCUT2D eigenvalue weighted by molar-refractivity contribution is 7.90. The number of nitrogens with one attached hydrogen (secondary N) is 1. The quantitative estimate of drug-likeness (QED) is 0.431. The molecule has 1 N–H and O–H groups in total. The molecule has 0 bridgehead atoms. The number of aromatic nitrogens is 1. The van der Waals surface area contributed by atoms with E-state index in [1.807, 2.05) is 12.1 Å². The molecule has 4 aromatic rings. The number of benzene rings is 3. The predicted octanol–water partition coefficient (Wildman–Crippen LogP) is 4.36. The Bertz CT molecular complexity index is 1250. The summed E-state index contributed by atoms with van der Waals surface area (Å²) in [6.45, 7) is 4.03. The molecule has 0 unspecified atom stereocenters. The van der Waals surface area contributed by atoms with Gasteiger partial charge in [0.15, 0.2) is 0 Å². The minimum Gasteiger partial charge on any atom is -0.492 e. The van der Waals surface area contributed by atoms with Crippen LogP contribution in [0.25, 0.3) is 10.9 Å². The second kappa shape index (κ2) is 8.73. The van der Waals surface area contributed by atoms with Crippen LogP contribution in [0.2, 0.25) is 0 Å². The lowest BCUT2D eigenvalue weighted by atomic mass is 10.1. The fraction of sp³-hybridized carbons (Fsp3) is 0.167. The van der Waals surface area contributed by atoms with Gasteiger partial charge in [-0.3, -0.25) is 0 Å². The van der Waals surface area contributed by atoms with Crippen molar-refractivity contribution in [3.05, 3.63) is 96.2 Å². The maximum atomic E-state index is 13.0. The van der Waals surface area contributed by atoms with Crippen LogP contribution in [0, 0.1) is 6.92 Å². The summed E-state index contributed by atoms with van der Waals surface area (Å²) >= 11 is 0. The van der Waals surface area contributed by atoms with Gasteiger partial charge in [-0.05, 0) is 42.8 Å². The lowest BCUT2D eigenvalue weighted by molar-refractivity contribution is 0.317. The molecular formula is C24H24N2O3S. The van der Waals surface area contributed by atoms with Gasteiger partial charge in [-0.2, -0.15) is 0 Å². The Morgan fingerprint density at radius 3 is 2.53 bits per heavy atom. The molecular weight excluding hydrogens is 396 g/mol. The Labute approximate surface area is 177 Å². The number of ether oxygens (including phenoxy) is 1. The van der Waals surface area contributed by atoms with Gasteiger partial charge in [0.2, 0.25) is 0 Å². The SMILES string of the molecule is Cc1cccc(CNCCOc2cccc3c2ccn3S(=O)(=O)c2ccccc2)c1. The fourth-order valence-electron chi connectivity index (χ4n) is 3.44.